The van der Waals surface area contributed by atoms with E-state index in [1.54, 1.807) is 0 Å². The molecular weight excluding hydrogens is 222 g/mol. The lowest BCUT2D eigenvalue weighted by atomic mass is 10.0. The van der Waals surface area contributed by atoms with Crippen LogP contribution in [0.5, 0.6) is 0 Å². The lowest BCUT2D eigenvalue weighted by Crippen LogP contribution is -2.34. The third-order valence-electron chi connectivity index (χ3n) is 2.28. The van der Waals surface area contributed by atoms with E-state index in [0.717, 1.165) is 5.56 Å². The van der Waals surface area contributed by atoms with E-state index in [9.17, 15) is 9.90 Å². The van der Waals surface area contributed by atoms with Crippen molar-refractivity contribution in [2.45, 2.75) is 25.9 Å². The zero-order chi connectivity index (χ0) is 13.0. The van der Waals surface area contributed by atoms with Gasteiger partial charge in [-0.15, -0.1) is 0 Å². The van der Waals surface area contributed by atoms with Crippen LogP contribution in [0.3, 0.4) is 0 Å². The van der Waals surface area contributed by atoms with Gasteiger partial charge in [0.1, 0.15) is 24.1 Å². The highest BCUT2D eigenvalue weighted by Crippen LogP contribution is 2.25. The van der Waals surface area contributed by atoms with Gasteiger partial charge >= 0.3 is 0 Å². The number of primary amides is 1. The first kappa shape index (κ1) is 13.2. The van der Waals surface area contributed by atoms with Gasteiger partial charge in [0, 0.05) is 5.56 Å². The van der Waals surface area contributed by atoms with Gasteiger partial charge in [0.15, 0.2) is 0 Å². The summed E-state index contributed by atoms with van der Waals surface area (Å²) in [4.78, 5) is 18.6. The Morgan fingerprint density at radius 2 is 2.18 bits per heavy atom. The second-order valence-electron chi connectivity index (χ2n) is 3.97. The van der Waals surface area contributed by atoms with Crippen molar-refractivity contribution in [2.24, 2.45) is 5.73 Å². The Hall–Kier alpha value is -1.89. The van der Waals surface area contributed by atoms with Gasteiger partial charge in [-0.3, -0.25) is 4.79 Å². The minimum Gasteiger partial charge on any atom is -0.383 e. The number of aromatic nitrogens is 2. The highest BCUT2D eigenvalue weighted by atomic mass is 16.3. The fraction of sp³-hybridized carbons (Fsp3) is 0.500. The Kier molecular flexibility index (Phi) is 4.22. The molecule has 1 unspecified atom stereocenters. The van der Waals surface area contributed by atoms with Gasteiger partial charge in [0.2, 0.25) is 5.91 Å². The van der Waals surface area contributed by atoms with Crippen molar-refractivity contribution in [3.8, 4) is 0 Å². The largest absolute Gasteiger partial charge is 0.383 e. The summed E-state index contributed by atoms with van der Waals surface area (Å²) < 4.78 is 0. The Morgan fingerprint density at radius 3 is 2.71 bits per heavy atom. The molecule has 0 aliphatic rings. The van der Waals surface area contributed by atoms with Crippen LogP contribution in [-0.4, -0.2) is 33.6 Å². The zero-order valence-electron chi connectivity index (χ0n) is 9.84. The molecule has 1 heterocycles. The van der Waals surface area contributed by atoms with Crippen LogP contribution in [0, 0.1) is 0 Å². The Morgan fingerprint density at radius 1 is 1.53 bits per heavy atom. The average Bonchev–Trinajstić information content (AvgIpc) is 2.24. The SMILES string of the molecule is CC(C)c1c(N)ncnc1NCC(O)C(N)=O. The third-order valence-corrected chi connectivity index (χ3v) is 2.28. The van der Waals surface area contributed by atoms with Crippen LogP contribution in [0.2, 0.25) is 0 Å². The van der Waals surface area contributed by atoms with E-state index in [4.69, 9.17) is 11.5 Å². The highest BCUT2D eigenvalue weighted by Gasteiger charge is 2.15. The molecule has 17 heavy (non-hydrogen) atoms. The molecule has 0 saturated heterocycles. The van der Waals surface area contributed by atoms with Crippen molar-refractivity contribution < 1.29 is 9.90 Å². The van der Waals surface area contributed by atoms with Crippen LogP contribution in [0.1, 0.15) is 25.3 Å². The molecule has 1 amide bonds. The number of nitrogens with zero attached hydrogens (tertiary/aromatic N) is 2. The molecule has 0 fully saturated rings. The number of amides is 1. The first-order chi connectivity index (χ1) is 7.93. The van der Waals surface area contributed by atoms with Crippen LogP contribution < -0.4 is 16.8 Å². The number of nitrogens with two attached hydrogens (primary N) is 2. The molecule has 0 saturated carbocycles. The van der Waals surface area contributed by atoms with Crippen LogP contribution in [0.25, 0.3) is 0 Å². The van der Waals surface area contributed by atoms with E-state index in [1.165, 1.54) is 6.33 Å². The Bertz CT molecular complexity index is 408. The molecule has 0 aliphatic heterocycles. The van der Waals surface area contributed by atoms with Crippen LogP contribution in [0.15, 0.2) is 6.33 Å². The number of carbonyl (C=O) groups is 1. The number of aliphatic hydroxyl groups excluding tert-OH is 1. The Labute approximate surface area is 99.2 Å². The summed E-state index contributed by atoms with van der Waals surface area (Å²) >= 11 is 0. The van der Waals surface area contributed by atoms with Gasteiger partial charge in [0.05, 0.1) is 6.54 Å². The summed E-state index contributed by atoms with van der Waals surface area (Å²) in [6, 6.07) is 0. The molecule has 0 bridgehead atoms. The number of nitrogen functional groups attached to an aromatic ring is 1. The molecule has 1 aromatic heterocycles. The van der Waals surface area contributed by atoms with Crippen molar-refractivity contribution in [1.82, 2.24) is 9.97 Å². The highest BCUT2D eigenvalue weighted by molar-refractivity contribution is 5.79. The smallest absolute Gasteiger partial charge is 0.248 e. The number of hydrogen-bond acceptors (Lipinski definition) is 6. The standard InChI is InChI=1S/C10H17N5O2/c1-5(2)7-8(11)14-4-15-10(7)13-3-6(16)9(12)17/h4-6,16H,3H2,1-2H3,(H2,12,17)(H3,11,13,14,15). The van der Waals surface area contributed by atoms with Crippen LogP contribution >= 0.6 is 0 Å². The summed E-state index contributed by atoms with van der Waals surface area (Å²) in [7, 11) is 0. The van der Waals surface area contributed by atoms with E-state index >= 15 is 0 Å². The van der Waals surface area contributed by atoms with Crippen LogP contribution in [-0.2, 0) is 4.79 Å². The summed E-state index contributed by atoms with van der Waals surface area (Å²) in [6.45, 7) is 3.89. The molecule has 0 aliphatic carbocycles. The third kappa shape index (κ3) is 3.28. The molecule has 1 atom stereocenters. The first-order valence-electron chi connectivity index (χ1n) is 5.25. The molecule has 0 spiro atoms. The van der Waals surface area contributed by atoms with Gasteiger partial charge < -0.3 is 21.9 Å². The van der Waals surface area contributed by atoms with E-state index in [2.05, 4.69) is 15.3 Å². The maximum absolute atomic E-state index is 10.7. The second-order valence-corrected chi connectivity index (χ2v) is 3.97. The number of carbonyl (C=O) groups excluding carboxylic acids is 1. The Balaban J connectivity index is 2.84. The molecule has 1 rings (SSSR count). The molecule has 1 aromatic rings. The topological polar surface area (TPSA) is 127 Å². The average molecular weight is 239 g/mol. The fourth-order valence-electron chi connectivity index (χ4n) is 1.41. The molecular formula is C10H17N5O2. The van der Waals surface area contributed by atoms with E-state index in [-0.39, 0.29) is 12.5 Å². The van der Waals surface area contributed by atoms with Crippen molar-refractivity contribution in [3.63, 3.8) is 0 Å². The normalized spacial score (nSPS) is 12.5. The van der Waals surface area contributed by atoms with Crippen molar-refractivity contribution >= 4 is 17.5 Å². The number of nitrogens with one attached hydrogen (secondary N) is 1. The maximum Gasteiger partial charge on any atom is 0.248 e. The van der Waals surface area contributed by atoms with Gasteiger partial charge in [-0.05, 0) is 5.92 Å². The maximum atomic E-state index is 10.7. The molecule has 7 nitrogen and oxygen atoms in total. The molecule has 94 valence electrons. The predicted molar refractivity (Wildman–Crippen MR) is 64.2 cm³/mol. The van der Waals surface area contributed by atoms with Gasteiger partial charge in [-0.25, -0.2) is 9.97 Å². The van der Waals surface area contributed by atoms with Gasteiger partial charge in [0.25, 0.3) is 0 Å². The molecule has 0 radical (unpaired) electrons. The van der Waals surface area contributed by atoms with E-state index in [0.29, 0.717) is 11.6 Å². The minimum absolute atomic E-state index is 0.00843. The van der Waals surface area contributed by atoms with Gasteiger partial charge in [-0.1, -0.05) is 13.8 Å². The number of rotatable bonds is 5. The van der Waals surface area contributed by atoms with Crippen molar-refractivity contribution in [1.29, 1.82) is 0 Å². The van der Waals surface area contributed by atoms with Crippen molar-refractivity contribution in [2.75, 3.05) is 17.6 Å². The second kappa shape index (κ2) is 5.44. The number of hydrogen-bond donors (Lipinski definition) is 4. The van der Waals surface area contributed by atoms with Crippen molar-refractivity contribution in [3.05, 3.63) is 11.9 Å². The molecule has 0 aromatic carbocycles. The summed E-state index contributed by atoms with van der Waals surface area (Å²) in [6.07, 6.45) is 0.0615. The minimum atomic E-state index is -1.26. The molecule has 7 heteroatoms. The lowest BCUT2D eigenvalue weighted by molar-refractivity contribution is -0.125. The fourth-order valence-corrected chi connectivity index (χ4v) is 1.41. The number of aliphatic hydroxyl groups is 1. The monoisotopic (exact) mass is 239 g/mol. The van der Waals surface area contributed by atoms with E-state index in [1.807, 2.05) is 13.8 Å². The summed E-state index contributed by atoms with van der Waals surface area (Å²) in [5.74, 6) is 0.230. The van der Waals surface area contributed by atoms with E-state index < -0.39 is 12.0 Å². The number of anilines is 2. The lowest BCUT2D eigenvalue weighted by Gasteiger charge is -2.15. The summed E-state index contributed by atoms with van der Waals surface area (Å²) in [5, 5.41) is 12.1. The molecule has 6 N–H and O–H groups in total. The zero-order valence-corrected chi connectivity index (χ0v) is 9.84. The van der Waals surface area contributed by atoms with Gasteiger partial charge in [-0.2, -0.15) is 0 Å². The predicted octanol–water partition coefficient (Wildman–Crippen LogP) is -0.560. The first-order valence-corrected chi connectivity index (χ1v) is 5.25. The summed E-state index contributed by atoms with van der Waals surface area (Å²) in [5.41, 5.74) is 11.4. The quantitative estimate of drug-likeness (QED) is 0.545. The van der Waals surface area contributed by atoms with Crippen LogP contribution in [0.4, 0.5) is 11.6 Å².